The highest BCUT2D eigenvalue weighted by Gasteiger charge is 2.18. The lowest BCUT2D eigenvalue weighted by Crippen LogP contribution is -2.34. The van der Waals surface area contributed by atoms with Gasteiger partial charge in [0.05, 0.1) is 18.8 Å². The van der Waals surface area contributed by atoms with Crippen LogP contribution in [0.4, 0.5) is 0 Å². The van der Waals surface area contributed by atoms with Crippen LogP contribution in [0.3, 0.4) is 0 Å². The van der Waals surface area contributed by atoms with Gasteiger partial charge in [0, 0.05) is 13.2 Å². The minimum absolute atomic E-state index is 0.0440. The van der Waals surface area contributed by atoms with Crippen molar-refractivity contribution < 1.29 is 23.8 Å². The quantitative estimate of drug-likeness (QED) is 0.422. The van der Waals surface area contributed by atoms with Crippen LogP contribution in [0.15, 0.2) is 54.6 Å². The first kappa shape index (κ1) is 20.6. The number of amides is 1. The summed E-state index contributed by atoms with van der Waals surface area (Å²) >= 11 is 0. The maximum absolute atomic E-state index is 12.7. The minimum atomic E-state index is -0.564. The van der Waals surface area contributed by atoms with E-state index in [0.717, 1.165) is 25.0 Å². The molecule has 0 spiro atoms. The molecule has 1 heterocycles. The van der Waals surface area contributed by atoms with Gasteiger partial charge in [0.1, 0.15) is 5.75 Å². The fourth-order valence-corrected chi connectivity index (χ4v) is 3.07. The van der Waals surface area contributed by atoms with E-state index in [4.69, 9.17) is 14.2 Å². The monoisotopic (exact) mass is 395 g/mol. The van der Waals surface area contributed by atoms with Gasteiger partial charge in [0.25, 0.3) is 5.91 Å². The number of nitrogens with one attached hydrogen (secondary N) is 1. The molecule has 2 aromatic rings. The molecule has 6 nitrogen and oxygen atoms in total. The van der Waals surface area contributed by atoms with Gasteiger partial charge in [-0.1, -0.05) is 42.5 Å². The predicted molar refractivity (Wildman–Crippen MR) is 110 cm³/mol. The molecule has 152 valence electrons. The molecule has 0 aromatic heterocycles. The largest absolute Gasteiger partial charge is 0.497 e. The fourth-order valence-electron chi connectivity index (χ4n) is 3.07. The minimum Gasteiger partial charge on any atom is -0.497 e. The van der Waals surface area contributed by atoms with Crippen LogP contribution in [0, 0.1) is 0 Å². The summed E-state index contributed by atoms with van der Waals surface area (Å²) in [7, 11) is 1.59. The Morgan fingerprint density at radius 2 is 2.00 bits per heavy atom. The number of ether oxygens (including phenoxy) is 3. The SMILES string of the molecule is COc1cccc(/C=C(/C(=O)OCC(=O)NCC2CCCO2)c2ccccc2)c1. The normalized spacial score (nSPS) is 16.3. The van der Waals surface area contributed by atoms with E-state index in [9.17, 15) is 9.59 Å². The van der Waals surface area contributed by atoms with Gasteiger partial charge in [-0.3, -0.25) is 4.79 Å². The second-order valence-electron chi connectivity index (χ2n) is 6.72. The molecule has 0 radical (unpaired) electrons. The molecule has 1 aliphatic heterocycles. The summed E-state index contributed by atoms with van der Waals surface area (Å²) in [6, 6.07) is 16.6. The third-order valence-electron chi connectivity index (χ3n) is 4.59. The summed E-state index contributed by atoms with van der Waals surface area (Å²) in [6.45, 7) is 0.820. The second kappa shape index (κ2) is 10.4. The predicted octanol–water partition coefficient (Wildman–Crippen LogP) is 3.07. The first-order chi connectivity index (χ1) is 14.2. The molecule has 0 bridgehead atoms. The van der Waals surface area contributed by atoms with Crippen LogP contribution in [0.1, 0.15) is 24.0 Å². The lowest BCUT2D eigenvalue weighted by molar-refractivity contribution is -0.143. The average Bonchev–Trinajstić information content (AvgIpc) is 3.29. The second-order valence-corrected chi connectivity index (χ2v) is 6.72. The van der Waals surface area contributed by atoms with Crippen LogP contribution in [0.25, 0.3) is 11.6 Å². The number of carbonyl (C=O) groups is 2. The number of esters is 1. The number of rotatable bonds is 8. The number of hydrogen-bond acceptors (Lipinski definition) is 5. The lowest BCUT2D eigenvalue weighted by Gasteiger charge is -2.12. The first-order valence-electron chi connectivity index (χ1n) is 9.62. The summed E-state index contributed by atoms with van der Waals surface area (Å²) in [5, 5.41) is 2.75. The third kappa shape index (κ3) is 6.19. The Bertz CT molecular complexity index is 857. The number of benzene rings is 2. The molecule has 29 heavy (non-hydrogen) atoms. The van der Waals surface area contributed by atoms with E-state index in [2.05, 4.69) is 5.32 Å². The van der Waals surface area contributed by atoms with Crippen molar-refractivity contribution in [1.29, 1.82) is 0 Å². The topological polar surface area (TPSA) is 73.9 Å². The first-order valence-corrected chi connectivity index (χ1v) is 9.62. The Morgan fingerprint density at radius 1 is 1.17 bits per heavy atom. The van der Waals surface area contributed by atoms with Crippen molar-refractivity contribution in [3.63, 3.8) is 0 Å². The van der Waals surface area contributed by atoms with Crippen LogP contribution in [0.5, 0.6) is 5.75 Å². The van der Waals surface area contributed by atoms with E-state index >= 15 is 0 Å². The molecule has 0 saturated carbocycles. The van der Waals surface area contributed by atoms with Gasteiger partial charge in [0.15, 0.2) is 6.61 Å². The van der Waals surface area contributed by atoms with Gasteiger partial charge >= 0.3 is 5.97 Å². The molecular formula is C23H25NO5. The Morgan fingerprint density at radius 3 is 2.72 bits per heavy atom. The molecular weight excluding hydrogens is 370 g/mol. The Balaban J connectivity index is 1.67. The van der Waals surface area contributed by atoms with Crippen LogP contribution in [-0.2, 0) is 19.1 Å². The van der Waals surface area contributed by atoms with Crippen LogP contribution in [-0.4, -0.2) is 44.8 Å². The summed E-state index contributed by atoms with van der Waals surface area (Å²) in [4.78, 5) is 24.8. The van der Waals surface area contributed by atoms with Crippen molar-refractivity contribution in [3.05, 3.63) is 65.7 Å². The molecule has 1 amide bonds. The van der Waals surface area contributed by atoms with E-state index in [0.29, 0.717) is 23.4 Å². The Labute approximate surface area is 170 Å². The van der Waals surface area contributed by atoms with E-state index in [-0.39, 0.29) is 18.6 Å². The van der Waals surface area contributed by atoms with E-state index in [1.807, 2.05) is 54.6 Å². The fraction of sp³-hybridized carbons (Fsp3) is 0.304. The molecule has 1 unspecified atom stereocenters. The van der Waals surface area contributed by atoms with Gasteiger partial charge in [-0.25, -0.2) is 4.79 Å². The zero-order chi connectivity index (χ0) is 20.5. The Hall–Kier alpha value is -3.12. The number of hydrogen-bond donors (Lipinski definition) is 1. The molecule has 0 aliphatic carbocycles. The van der Waals surface area contributed by atoms with Gasteiger partial charge in [-0.2, -0.15) is 0 Å². The van der Waals surface area contributed by atoms with Crippen LogP contribution in [0.2, 0.25) is 0 Å². The maximum Gasteiger partial charge on any atom is 0.339 e. The van der Waals surface area contributed by atoms with E-state index < -0.39 is 5.97 Å². The molecule has 1 atom stereocenters. The van der Waals surface area contributed by atoms with Gasteiger partial charge in [-0.05, 0) is 42.2 Å². The maximum atomic E-state index is 12.7. The highest BCUT2D eigenvalue weighted by molar-refractivity contribution is 6.21. The van der Waals surface area contributed by atoms with Crippen molar-refractivity contribution >= 4 is 23.5 Å². The highest BCUT2D eigenvalue weighted by atomic mass is 16.5. The summed E-state index contributed by atoms with van der Waals surface area (Å²) < 4.78 is 16.0. The molecule has 2 aromatic carbocycles. The average molecular weight is 395 g/mol. The van der Waals surface area contributed by atoms with Crippen LogP contribution < -0.4 is 10.1 Å². The van der Waals surface area contributed by atoms with E-state index in [1.54, 1.807) is 13.2 Å². The summed E-state index contributed by atoms with van der Waals surface area (Å²) in [6.07, 6.45) is 3.71. The van der Waals surface area contributed by atoms with Crippen molar-refractivity contribution in [2.75, 3.05) is 26.9 Å². The van der Waals surface area contributed by atoms with Crippen molar-refractivity contribution in [2.24, 2.45) is 0 Å². The zero-order valence-electron chi connectivity index (χ0n) is 16.4. The Kier molecular flexibility index (Phi) is 7.41. The number of methoxy groups -OCH3 is 1. The van der Waals surface area contributed by atoms with Gasteiger partial charge in [-0.15, -0.1) is 0 Å². The molecule has 1 aliphatic rings. The standard InChI is InChI=1S/C23H25NO5/c1-27-19-10-5-7-17(13-19)14-21(18-8-3-2-4-9-18)23(26)29-16-22(25)24-15-20-11-6-12-28-20/h2-5,7-10,13-14,20H,6,11-12,15-16H2,1H3,(H,24,25)/b21-14+. The molecule has 3 rings (SSSR count). The zero-order valence-corrected chi connectivity index (χ0v) is 16.4. The number of carbonyl (C=O) groups excluding carboxylic acids is 2. The van der Waals surface area contributed by atoms with Crippen molar-refractivity contribution in [2.45, 2.75) is 18.9 Å². The van der Waals surface area contributed by atoms with Crippen molar-refractivity contribution in [3.8, 4) is 5.75 Å². The summed E-state index contributed by atoms with van der Waals surface area (Å²) in [5.41, 5.74) is 1.87. The molecule has 1 fully saturated rings. The van der Waals surface area contributed by atoms with Gasteiger partial charge < -0.3 is 19.5 Å². The van der Waals surface area contributed by atoms with Crippen LogP contribution >= 0.6 is 0 Å². The lowest BCUT2D eigenvalue weighted by atomic mass is 10.0. The highest BCUT2D eigenvalue weighted by Crippen LogP contribution is 2.22. The summed E-state index contributed by atoms with van der Waals surface area (Å²) in [5.74, 6) is -0.220. The van der Waals surface area contributed by atoms with Gasteiger partial charge in [0.2, 0.25) is 0 Å². The van der Waals surface area contributed by atoms with Crippen molar-refractivity contribution in [1.82, 2.24) is 5.32 Å². The molecule has 1 saturated heterocycles. The smallest absolute Gasteiger partial charge is 0.339 e. The molecule has 1 N–H and O–H groups in total. The molecule has 6 heteroatoms. The van der Waals surface area contributed by atoms with E-state index in [1.165, 1.54) is 0 Å². The third-order valence-corrected chi connectivity index (χ3v) is 4.59.